The summed E-state index contributed by atoms with van der Waals surface area (Å²) < 4.78 is 11.7. The smallest absolute Gasteiger partial charge is 0.142 e. The summed E-state index contributed by atoms with van der Waals surface area (Å²) >= 11 is 0. The van der Waals surface area contributed by atoms with Crippen molar-refractivity contribution >= 4 is 11.4 Å². The van der Waals surface area contributed by atoms with Crippen LogP contribution in [0, 0.1) is 5.92 Å². The molecule has 2 N–H and O–H groups in total. The molecule has 0 saturated carbocycles. The molecule has 0 heterocycles. The predicted octanol–water partition coefficient (Wildman–Crippen LogP) is 5.82. The van der Waals surface area contributed by atoms with Crippen LogP contribution in [0.5, 0.6) is 11.5 Å². The quantitative estimate of drug-likeness (QED) is 0.405. The van der Waals surface area contributed by atoms with Gasteiger partial charge in [0.15, 0.2) is 0 Å². The van der Waals surface area contributed by atoms with E-state index in [0.717, 1.165) is 48.1 Å². The van der Waals surface area contributed by atoms with Crippen LogP contribution in [0.3, 0.4) is 0 Å². The summed E-state index contributed by atoms with van der Waals surface area (Å²) in [7, 11) is 0. The molecule has 0 aromatic heterocycles. The van der Waals surface area contributed by atoms with Crippen molar-refractivity contribution < 1.29 is 9.47 Å². The number of ether oxygens (including phenoxy) is 2. The molecule has 0 radical (unpaired) electrons. The van der Waals surface area contributed by atoms with E-state index in [4.69, 9.17) is 9.47 Å². The average molecular weight is 391 g/mol. The van der Waals surface area contributed by atoms with Crippen molar-refractivity contribution in [3.63, 3.8) is 0 Å². The van der Waals surface area contributed by atoms with E-state index in [1.807, 2.05) is 66.7 Å². The molecule has 3 aromatic rings. The molecule has 0 atom stereocenters. The van der Waals surface area contributed by atoms with Gasteiger partial charge in [-0.3, -0.25) is 0 Å². The molecule has 4 heteroatoms. The van der Waals surface area contributed by atoms with Crippen molar-refractivity contribution in [1.82, 2.24) is 0 Å². The second kappa shape index (κ2) is 11.0. The minimum absolute atomic E-state index is 0.526. The number of hydrogen-bond acceptors (Lipinski definition) is 4. The molecule has 152 valence electrons. The molecule has 3 aromatic carbocycles. The van der Waals surface area contributed by atoms with Crippen LogP contribution in [0.4, 0.5) is 11.4 Å². The Balaban J connectivity index is 1.43. The highest BCUT2D eigenvalue weighted by atomic mass is 16.5. The zero-order valence-electron chi connectivity index (χ0n) is 17.2. The van der Waals surface area contributed by atoms with E-state index in [0.29, 0.717) is 12.5 Å². The molecule has 0 amide bonds. The molecule has 29 heavy (non-hydrogen) atoms. The van der Waals surface area contributed by atoms with Gasteiger partial charge in [0, 0.05) is 18.8 Å². The summed E-state index contributed by atoms with van der Waals surface area (Å²) in [6.07, 6.45) is 0. The van der Waals surface area contributed by atoms with Gasteiger partial charge in [-0.1, -0.05) is 56.3 Å². The number of rotatable bonds is 11. The monoisotopic (exact) mass is 390 g/mol. The van der Waals surface area contributed by atoms with Gasteiger partial charge in [-0.05, 0) is 47.9 Å². The van der Waals surface area contributed by atoms with E-state index < -0.39 is 0 Å². The Labute approximate surface area is 173 Å². The first kappa shape index (κ1) is 20.6. The van der Waals surface area contributed by atoms with Crippen molar-refractivity contribution in [3.05, 3.63) is 84.4 Å². The second-order valence-corrected chi connectivity index (χ2v) is 7.35. The standard InChI is InChI=1S/C25H30N2O2/c1-20(2)18-28-23-14-12-22(13-15-23)26-16-17-27-24-10-6-7-11-25(24)29-19-21-8-4-3-5-9-21/h3-15,20,26-27H,16-19H2,1-2H3. The molecule has 3 rings (SSSR count). The molecule has 0 aliphatic heterocycles. The van der Waals surface area contributed by atoms with E-state index in [1.54, 1.807) is 0 Å². The Hall–Kier alpha value is -3.14. The maximum absolute atomic E-state index is 5.99. The van der Waals surface area contributed by atoms with Crippen molar-refractivity contribution in [1.29, 1.82) is 0 Å². The molecule has 0 fully saturated rings. The minimum atomic E-state index is 0.526. The normalized spacial score (nSPS) is 10.6. The summed E-state index contributed by atoms with van der Waals surface area (Å²) in [5.41, 5.74) is 3.24. The third-order valence-corrected chi connectivity index (χ3v) is 4.33. The maximum atomic E-state index is 5.99. The maximum Gasteiger partial charge on any atom is 0.142 e. The molecule has 0 saturated heterocycles. The summed E-state index contributed by atoms with van der Waals surface area (Å²) in [5, 5.41) is 6.88. The molecular formula is C25H30N2O2. The van der Waals surface area contributed by atoms with Gasteiger partial charge in [-0.15, -0.1) is 0 Å². The first-order chi connectivity index (χ1) is 14.2. The fraction of sp³-hybridized carbons (Fsp3) is 0.280. The van der Waals surface area contributed by atoms with Gasteiger partial charge in [0.2, 0.25) is 0 Å². The Bertz CT molecular complexity index is 848. The van der Waals surface area contributed by atoms with Gasteiger partial charge in [0.1, 0.15) is 18.1 Å². The van der Waals surface area contributed by atoms with Crippen LogP contribution in [-0.2, 0) is 6.61 Å². The summed E-state index contributed by atoms with van der Waals surface area (Å²) in [6.45, 7) is 7.18. The first-order valence-corrected chi connectivity index (χ1v) is 10.2. The summed E-state index contributed by atoms with van der Waals surface area (Å²) in [4.78, 5) is 0. The third-order valence-electron chi connectivity index (χ3n) is 4.33. The van der Waals surface area contributed by atoms with Crippen LogP contribution >= 0.6 is 0 Å². The van der Waals surface area contributed by atoms with Gasteiger partial charge in [0.25, 0.3) is 0 Å². The van der Waals surface area contributed by atoms with Gasteiger partial charge in [-0.25, -0.2) is 0 Å². The second-order valence-electron chi connectivity index (χ2n) is 7.35. The average Bonchev–Trinajstić information content (AvgIpc) is 2.76. The van der Waals surface area contributed by atoms with Crippen molar-refractivity contribution in [2.24, 2.45) is 5.92 Å². The minimum Gasteiger partial charge on any atom is -0.493 e. The molecule has 0 aliphatic carbocycles. The highest BCUT2D eigenvalue weighted by Crippen LogP contribution is 2.24. The summed E-state index contributed by atoms with van der Waals surface area (Å²) in [5.74, 6) is 2.30. The van der Waals surface area contributed by atoms with E-state index >= 15 is 0 Å². The van der Waals surface area contributed by atoms with E-state index in [-0.39, 0.29) is 0 Å². The number of nitrogens with one attached hydrogen (secondary N) is 2. The van der Waals surface area contributed by atoms with E-state index in [2.05, 4.69) is 36.6 Å². The zero-order valence-corrected chi connectivity index (χ0v) is 17.2. The van der Waals surface area contributed by atoms with Gasteiger partial charge in [0.05, 0.1) is 12.3 Å². The highest BCUT2D eigenvalue weighted by Gasteiger charge is 2.03. The molecule has 0 spiro atoms. The molecule has 0 unspecified atom stereocenters. The van der Waals surface area contributed by atoms with Crippen LogP contribution in [0.1, 0.15) is 19.4 Å². The Morgan fingerprint density at radius 3 is 2.17 bits per heavy atom. The third kappa shape index (κ3) is 7.07. The van der Waals surface area contributed by atoms with Crippen LogP contribution in [0.25, 0.3) is 0 Å². The lowest BCUT2D eigenvalue weighted by molar-refractivity contribution is 0.271. The Kier molecular flexibility index (Phi) is 7.81. The van der Waals surface area contributed by atoms with Gasteiger partial charge >= 0.3 is 0 Å². The first-order valence-electron chi connectivity index (χ1n) is 10.2. The lowest BCUT2D eigenvalue weighted by Gasteiger charge is -2.14. The van der Waals surface area contributed by atoms with E-state index in [1.165, 1.54) is 0 Å². The van der Waals surface area contributed by atoms with Gasteiger partial charge in [-0.2, -0.15) is 0 Å². The largest absolute Gasteiger partial charge is 0.493 e. The van der Waals surface area contributed by atoms with Gasteiger partial charge < -0.3 is 20.1 Å². The molecule has 4 nitrogen and oxygen atoms in total. The molecule has 0 aliphatic rings. The zero-order chi connectivity index (χ0) is 20.3. The number of hydrogen-bond donors (Lipinski definition) is 2. The van der Waals surface area contributed by atoms with Crippen molar-refractivity contribution in [3.8, 4) is 11.5 Å². The lowest BCUT2D eigenvalue weighted by Crippen LogP contribution is -2.14. The van der Waals surface area contributed by atoms with Crippen molar-refractivity contribution in [2.45, 2.75) is 20.5 Å². The fourth-order valence-electron chi connectivity index (χ4n) is 2.81. The molecular weight excluding hydrogens is 360 g/mol. The van der Waals surface area contributed by atoms with Crippen LogP contribution in [-0.4, -0.2) is 19.7 Å². The Morgan fingerprint density at radius 2 is 1.41 bits per heavy atom. The number of anilines is 2. The topological polar surface area (TPSA) is 42.5 Å². The predicted molar refractivity (Wildman–Crippen MR) is 121 cm³/mol. The fourth-order valence-corrected chi connectivity index (χ4v) is 2.81. The van der Waals surface area contributed by atoms with E-state index in [9.17, 15) is 0 Å². The SMILES string of the molecule is CC(C)COc1ccc(NCCNc2ccccc2OCc2ccccc2)cc1. The van der Waals surface area contributed by atoms with Crippen LogP contribution in [0.15, 0.2) is 78.9 Å². The Morgan fingerprint density at radius 1 is 0.724 bits per heavy atom. The highest BCUT2D eigenvalue weighted by molar-refractivity contribution is 5.56. The lowest BCUT2D eigenvalue weighted by atomic mass is 10.2. The van der Waals surface area contributed by atoms with Crippen LogP contribution < -0.4 is 20.1 Å². The number of para-hydroxylation sites is 2. The number of benzene rings is 3. The van der Waals surface area contributed by atoms with Crippen LogP contribution in [0.2, 0.25) is 0 Å². The summed E-state index contributed by atoms with van der Waals surface area (Å²) in [6, 6.07) is 26.4. The molecule has 0 bridgehead atoms. The van der Waals surface area contributed by atoms with Crippen molar-refractivity contribution in [2.75, 3.05) is 30.3 Å².